The van der Waals surface area contributed by atoms with Crippen LogP contribution in [0.2, 0.25) is 0 Å². The molecule has 0 aliphatic rings. The van der Waals surface area contributed by atoms with Crippen molar-refractivity contribution in [2.24, 2.45) is 0 Å². The Balaban J connectivity index is 2.81. The molecule has 0 atom stereocenters. The first-order chi connectivity index (χ1) is 6.74. The third-order valence-electron chi connectivity index (χ3n) is 1.95. The van der Waals surface area contributed by atoms with Crippen molar-refractivity contribution >= 4 is 11.5 Å². The molecule has 0 fully saturated rings. The number of aromatic carboxylic acids is 1. The first-order valence-electron chi connectivity index (χ1n) is 3.97. The molecule has 0 amide bonds. The summed E-state index contributed by atoms with van der Waals surface area (Å²) in [5.74, 6) is -0.507. The van der Waals surface area contributed by atoms with Crippen molar-refractivity contribution < 1.29 is 14.6 Å². The molecule has 14 heavy (non-hydrogen) atoms. The Morgan fingerprint density at radius 3 is 3.07 bits per heavy atom. The molecule has 1 N–H and O–H groups in total. The molecule has 0 spiro atoms. The first-order valence-corrected chi connectivity index (χ1v) is 3.97. The van der Waals surface area contributed by atoms with Crippen LogP contribution in [-0.2, 0) is 0 Å². The van der Waals surface area contributed by atoms with Crippen LogP contribution in [0.15, 0.2) is 24.5 Å². The highest BCUT2D eigenvalue weighted by atomic mass is 16.5. The van der Waals surface area contributed by atoms with E-state index in [4.69, 9.17) is 9.84 Å². The lowest BCUT2D eigenvalue weighted by atomic mass is 10.2. The van der Waals surface area contributed by atoms with Gasteiger partial charge in [-0.3, -0.25) is 0 Å². The van der Waals surface area contributed by atoms with E-state index >= 15 is 0 Å². The summed E-state index contributed by atoms with van der Waals surface area (Å²) in [5, 5.41) is 12.8. The Kier molecular flexibility index (Phi) is 1.85. The minimum atomic E-state index is -1.01. The Hall–Kier alpha value is -2.04. The number of ether oxygens (including phenoxy) is 1. The number of carbonyl (C=O) groups is 1. The highest BCUT2D eigenvalue weighted by Crippen LogP contribution is 2.22. The van der Waals surface area contributed by atoms with Gasteiger partial charge in [0.05, 0.1) is 13.3 Å². The minimum absolute atomic E-state index is 0.141. The molecular weight excluding hydrogens is 184 g/mol. The van der Waals surface area contributed by atoms with Gasteiger partial charge in [-0.2, -0.15) is 5.10 Å². The van der Waals surface area contributed by atoms with Crippen molar-refractivity contribution in [2.75, 3.05) is 7.11 Å². The zero-order valence-electron chi connectivity index (χ0n) is 7.47. The summed E-state index contributed by atoms with van der Waals surface area (Å²) in [6.07, 6.45) is 2.98. The number of hydrogen-bond acceptors (Lipinski definition) is 3. The summed E-state index contributed by atoms with van der Waals surface area (Å²) in [5.41, 5.74) is 0.616. The second kappa shape index (κ2) is 3.02. The maximum atomic E-state index is 10.8. The van der Waals surface area contributed by atoms with Crippen molar-refractivity contribution in [3.05, 3.63) is 30.1 Å². The fourth-order valence-electron chi connectivity index (χ4n) is 1.33. The maximum absolute atomic E-state index is 10.8. The first kappa shape index (κ1) is 8.55. The monoisotopic (exact) mass is 192 g/mol. The van der Waals surface area contributed by atoms with Crippen molar-refractivity contribution in [3.8, 4) is 5.75 Å². The summed E-state index contributed by atoms with van der Waals surface area (Å²) < 4.78 is 6.53. The second-order valence-corrected chi connectivity index (χ2v) is 2.73. The van der Waals surface area contributed by atoms with Gasteiger partial charge in [-0.25, -0.2) is 9.31 Å². The summed E-state index contributed by atoms with van der Waals surface area (Å²) in [6.45, 7) is 0. The predicted octanol–water partition coefficient (Wildman–Crippen LogP) is 1.04. The van der Waals surface area contributed by atoms with Gasteiger partial charge in [-0.05, 0) is 12.1 Å². The van der Waals surface area contributed by atoms with E-state index in [1.807, 2.05) is 0 Å². The summed E-state index contributed by atoms with van der Waals surface area (Å²) in [4.78, 5) is 10.8. The van der Waals surface area contributed by atoms with Crippen LogP contribution >= 0.6 is 0 Å². The minimum Gasteiger partial charge on any atom is -0.494 e. The largest absolute Gasteiger partial charge is 0.494 e. The van der Waals surface area contributed by atoms with Crippen LogP contribution in [0.4, 0.5) is 0 Å². The molecular formula is C9H8N2O3. The smallest absolute Gasteiger partial charge is 0.339 e. The zero-order chi connectivity index (χ0) is 10.1. The van der Waals surface area contributed by atoms with Crippen molar-refractivity contribution in [1.29, 1.82) is 0 Å². The molecule has 0 bridgehead atoms. The number of fused-ring (bicyclic) bond motifs is 1. The standard InChI is InChI=1S/C9H8N2O3/c1-14-7-3-2-4-11-8(7)6(5-10-11)9(12)13/h2-5H,1H3,(H,12,13). The summed E-state index contributed by atoms with van der Waals surface area (Å²) in [6, 6.07) is 3.44. The molecule has 2 rings (SSSR count). The molecule has 0 saturated carbocycles. The highest BCUT2D eigenvalue weighted by molar-refractivity contribution is 5.97. The van der Waals surface area contributed by atoms with Gasteiger partial charge in [0.1, 0.15) is 16.8 Å². The quantitative estimate of drug-likeness (QED) is 0.772. The van der Waals surface area contributed by atoms with Gasteiger partial charge in [0.25, 0.3) is 0 Å². The number of pyridine rings is 1. The van der Waals surface area contributed by atoms with E-state index in [1.165, 1.54) is 17.8 Å². The third kappa shape index (κ3) is 1.10. The fraction of sp³-hybridized carbons (Fsp3) is 0.111. The number of nitrogens with zero attached hydrogens (tertiary/aromatic N) is 2. The predicted molar refractivity (Wildman–Crippen MR) is 48.7 cm³/mol. The lowest BCUT2D eigenvalue weighted by Gasteiger charge is -2.02. The average Bonchev–Trinajstić information content (AvgIpc) is 2.60. The molecule has 0 aliphatic carbocycles. The van der Waals surface area contributed by atoms with Crippen LogP contribution in [0.5, 0.6) is 5.75 Å². The van der Waals surface area contributed by atoms with Crippen LogP contribution in [0.25, 0.3) is 5.52 Å². The van der Waals surface area contributed by atoms with Crippen LogP contribution in [0.3, 0.4) is 0 Å². The molecule has 0 saturated heterocycles. The van der Waals surface area contributed by atoms with Crippen LogP contribution in [-0.4, -0.2) is 27.8 Å². The fourth-order valence-corrected chi connectivity index (χ4v) is 1.33. The number of hydrogen-bond donors (Lipinski definition) is 1. The van der Waals surface area contributed by atoms with Crippen molar-refractivity contribution in [3.63, 3.8) is 0 Å². The van der Waals surface area contributed by atoms with Gasteiger partial charge in [0.2, 0.25) is 0 Å². The van der Waals surface area contributed by atoms with E-state index in [9.17, 15) is 4.79 Å². The molecule has 2 aromatic heterocycles. The number of aromatic nitrogens is 2. The molecule has 5 heteroatoms. The SMILES string of the molecule is COc1cccn2ncc(C(=O)O)c12. The molecule has 0 radical (unpaired) electrons. The van der Waals surface area contributed by atoms with Crippen molar-refractivity contribution in [1.82, 2.24) is 9.61 Å². The Labute approximate surface area is 79.5 Å². The second-order valence-electron chi connectivity index (χ2n) is 2.73. The third-order valence-corrected chi connectivity index (χ3v) is 1.95. The number of methoxy groups -OCH3 is 1. The molecule has 0 unspecified atom stereocenters. The van der Waals surface area contributed by atoms with Gasteiger partial charge < -0.3 is 9.84 Å². The van der Waals surface area contributed by atoms with Gasteiger partial charge in [0, 0.05) is 6.20 Å². The zero-order valence-corrected chi connectivity index (χ0v) is 7.47. The Bertz CT molecular complexity index is 490. The molecule has 2 aromatic rings. The Morgan fingerprint density at radius 2 is 2.43 bits per heavy atom. The Morgan fingerprint density at radius 1 is 1.64 bits per heavy atom. The topological polar surface area (TPSA) is 63.8 Å². The molecule has 0 aliphatic heterocycles. The van der Waals surface area contributed by atoms with Gasteiger partial charge in [-0.1, -0.05) is 0 Å². The van der Waals surface area contributed by atoms with Gasteiger partial charge >= 0.3 is 5.97 Å². The van der Waals surface area contributed by atoms with E-state index in [1.54, 1.807) is 18.3 Å². The van der Waals surface area contributed by atoms with E-state index in [0.29, 0.717) is 11.3 Å². The van der Waals surface area contributed by atoms with E-state index < -0.39 is 5.97 Å². The number of carboxylic acids is 1. The highest BCUT2D eigenvalue weighted by Gasteiger charge is 2.14. The van der Waals surface area contributed by atoms with Gasteiger partial charge in [-0.15, -0.1) is 0 Å². The normalized spacial score (nSPS) is 10.4. The molecule has 72 valence electrons. The number of carboxylic acid groups (broad SMARTS) is 1. The molecule has 2 heterocycles. The maximum Gasteiger partial charge on any atom is 0.339 e. The van der Waals surface area contributed by atoms with Crippen LogP contribution in [0.1, 0.15) is 10.4 Å². The number of rotatable bonds is 2. The summed E-state index contributed by atoms with van der Waals surface area (Å²) >= 11 is 0. The average molecular weight is 192 g/mol. The van der Waals surface area contributed by atoms with E-state index in [0.717, 1.165) is 0 Å². The van der Waals surface area contributed by atoms with E-state index in [2.05, 4.69) is 5.10 Å². The lowest BCUT2D eigenvalue weighted by Crippen LogP contribution is -1.97. The van der Waals surface area contributed by atoms with Crippen LogP contribution < -0.4 is 4.74 Å². The summed E-state index contributed by atoms with van der Waals surface area (Å²) in [7, 11) is 1.49. The molecule has 0 aromatic carbocycles. The van der Waals surface area contributed by atoms with Gasteiger partial charge in [0.15, 0.2) is 0 Å². The molecule has 5 nitrogen and oxygen atoms in total. The van der Waals surface area contributed by atoms with Crippen molar-refractivity contribution in [2.45, 2.75) is 0 Å². The van der Waals surface area contributed by atoms with E-state index in [-0.39, 0.29) is 5.56 Å². The van der Waals surface area contributed by atoms with Crippen LogP contribution in [0, 0.1) is 0 Å². The lowest BCUT2D eigenvalue weighted by molar-refractivity contribution is 0.0699.